The van der Waals surface area contributed by atoms with Crippen LogP contribution in [0.3, 0.4) is 0 Å². The summed E-state index contributed by atoms with van der Waals surface area (Å²) in [6, 6.07) is 19.3. The molecule has 2 amide bonds. The highest BCUT2D eigenvalue weighted by atomic mass is 16.5. The first kappa shape index (κ1) is 20.4. The van der Waals surface area contributed by atoms with Gasteiger partial charge in [0.25, 0.3) is 5.91 Å². The molecule has 1 unspecified atom stereocenters. The average molecular weight is 390 g/mol. The van der Waals surface area contributed by atoms with E-state index in [9.17, 15) is 9.59 Å². The van der Waals surface area contributed by atoms with Crippen molar-refractivity contribution in [2.24, 2.45) is 0 Å². The number of carbonyl (C=O) groups is 2. The Hall–Kier alpha value is -3.34. The summed E-state index contributed by atoms with van der Waals surface area (Å²) in [5, 5.41) is 4.76. The normalized spacial score (nSPS) is 11.7. The first-order chi connectivity index (χ1) is 13.9. The second-order valence-corrected chi connectivity index (χ2v) is 7.16. The lowest BCUT2D eigenvalue weighted by Gasteiger charge is -2.22. The molecule has 150 valence electrons. The molecule has 0 heterocycles. The number of benzene rings is 3. The van der Waals surface area contributed by atoms with Crippen LogP contribution in [-0.4, -0.2) is 37.9 Å². The third-order valence-corrected chi connectivity index (χ3v) is 5.18. The minimum Gasteiger partial charge on any atom is -0.497 e. The molecule has 0 spiro atoms. The molecule has 0 aromatic heterocycles. The monoisotopic (exact) mass is 390 g/mol. The molecule has 0 radical (unpaired) electrons. The molecule has 1 atom stereocenters. The minimum absolute atomic E-state index is 0.0493. The summed E-state index contributed by atoms with van der Waals surface area (Å²) >= 11 is 0. The van der Waals surface area contributed by atoms with Crippen molar-refractivity contribution >= 4 is 22.6 Å². The molecule has 0 saturated carbocycles. The number of hydrogen-bond donors (Lipinski definition) is 1. The molecule has 0 aliphatic carbocycles. The van der Waals surface area contributed by atoms with Crippen molar-refractivity contribution < 1.29 is 14.3 Å². The van der Waals surface area contributed by atoms with E-state index in [4.69, 9.17) is 4.74 Å². The Kier molecular flexibility index (Phi) is 6.17. The number of fused-ring (bicyclic) bond motifs is 1. The standard InChI is InChI=1S/C24H26N2O3/c1-16(19-9-10-21-14-22(29-4)12-11-20(21)13-19)24(28)26(3)15-17-5-7-18(8-6-17)23(27)25-2/h5-14,16H,15H2,1-4H3,(H,25,27). The molecule has 5 heteroatoms. The highest BCUT2D eigenvalue weighted by Gasteiger charge is 2.20. The lowest BCUT2D eigenvalue weighted by atomic mass is 9.96. The maximum absolute atomic E-state index is 12.9. The summed E-state index contributed by atoms with van der Waals surface area (Å²) < 4.78 is 5.27. The number of carbonyl (C=O) groups excluding carboxylic acids is 2. The molecule has 0 aliphatic heterocycles. The second kappa shape index (κ2) is 8.78. The van der Waals surface area contributed by atoms with Crippen LogP contribution in [0.4, 0.5) is 0 Å². The van der Waals surface area contributed by atoms with Crippen LogP contribution in [0.25, 0.3) is 10.8 Å². The van der Waals surface area contributed by atoms with Crippen LogP contribution in [0.15, 0.2) is 60.7 Å². The van der Waals surface area contributed by atoms with Crippen molar-refractivity contribution in [1.82, 2.24) is 10.2 Å². The van der Waals surface area contributed by atoms with Gasteiger partial charge in [-0.1, -0.05) is 36.4 Å². The maximum Gasteiger partial charge on any atom is 0.251 e. The predicted molar refractivity (Wildman–Crippen MR) is 115 cm³/mol. The fraction of sp³-hybridized carbons (Fsp3) is 0.250. The largest absolute Gasteiger partial charge is 0.497 e. The number of nitrogens with one attached hydrogen (secondary N) is 1. The van der Waals surface area contributed by atoms with Crippen molar-refractivity contribution in [3.8, 4) is 5.75 Å². The van der Waals surface area contributed by atoms with Gasteiger partial charge in [0.2, 0.25) is 5.91 Å². The van der Waals surface area contributed by atoms with Crippen LogP contribution in [0.1, 0.15) is 34.3 Å². The van der Waals surface area contributed by atoms with E-state index in [2.05, 4.69) is 11.4 Å². The Bertz CT molecular complexity index is 1030. The van der Waals surface area contributed by atoms with Gasteiger partial charge in [-0.25, -0.2) is 0 Å². The molecule has 0 fully saturated rings. The van der Waals surface area contributed by atoms with Gasteiger partial charge in [-0.3, -0.25) is 9.59 Å². The summed E-state index contributed by atoms with van der Waals surface area (Å²) in [6.07, 6.45) is 0. The Morgan fingerprint density at radius 3 is 2.31 bits per heavy atom. The SMILES string of the molecule is CNC(=O)c1ccc(CN(C)C(=O)C(C)c2ccc3cc(OC)ccc3c2)cc1. The number of methoxy groups -OCH3 is 1. The molecule has 5 nitrogen and oxygen atoms in total. The van der Waals surface area contributed by atoms with Gasteiger partial charge in [-0.05, 0) is 53.1 Å². The first-order valence-electron chi connectivity index (χ1n) is 9.56. The fourth-order valence-corrected chi connectivity index (χ4v) is 3.37. The number of rotatable bonds is 6. The van der Waals surface area contributed by atoms with Gasteiger partial charge in [0, 0.05) is 26.2 Å². The molecule has 1 N–H and O–H groups in total. The Morgan fingerprint density at radius 1 is 1.00 bits per heavy atom. The van der Waals surface area contributed by atoms with Crippen LogP contribution in [0.2, 0.25) is 0 Å². The lowest BCUT2D eigenvalue weighted by Crippen LogP contribution is -2.30. The molecular weight excluding hydrogens is 364 g/mol. The van der Waals surface area contributed by atoms with Crippen LogP contribution in [0.5, 0.6) is 5.75 Å². The van der Waals surface area contributed by atoms with E-state index in [-0.39, 0.29) is 17.7 Å². The number of nitrogens with zero attached hydrogens (tertiary/aromatic N) is 1. The van der Waals surface area contributed by atoms with Crippen molar-refractivity contribution in [2.75, 3.05) is 21.2 Å². The molecule has 0 bridgehead atoms. The third-order valence-electron chi connectivity index (χ3n) is 5.18. The Labute approximate surface area is 171 Å². The van der Waals surface area contributed by atoms with Crippen LogP contribution >= 0.6 is 0 Å². The van der Waals surface area contributed by atoms with E-state index in [0.29, 0.717) is 12.1 Å². The Morgan fingerprint density at radius 2 is 1.66 bits per heavy atom. The zero-order valence-electron chi connectivity index (χ0n) is 17.2. The zero-order chi connectivity index (χ0) is 21.0. The quantitative estimate of drug-likeness (QED) is 0.693. The minimum atomic E-state index is -0.253. The first-order valence-corrected chi connectivity index (χ1v) is 9.56. The van der Waals surface area contributed by atoms with Gasteiger partial charge in [0.05, 0.1) is 13.0 Å². The van der Waals surface area contributed by atoms with E-state index in [1.807, 2.05) is 49.4 Å². The van der Waals surface area contributed by atoms with Gasteiger partial charge in [-0.15, -0.1) is 0 Å². The summed E-state index contributed by atoms with van der Waals surface area (Å²) in [7, 11) is 5.06. The smallest absolute Gasteiger partial charge is 0.251 e. The van der Waals surface area contributed by atoms with Gasteiger partial charge >= 0.3 is 0 Å². The van der Waals surface area contributed by atoms with Gasteiger partial charge in [-0.2, -0.15) is 0 Å². The Balaban J connectivity index is 1.71. The van der Waals surface area contributed by atoms with E-state index < -0.39 is 0 Å². The molecule has 3 aromatic rings. The fourth-order valence-electron chi connectivity index (χ4n) is 3.37. The number of likely N-dealkylation sites (N-methyl/N-ethyl adjacent to an activating group) is 1. The van der Waals surface area contributed by atoms with Crippen LogP contribution in [-0.2, 0) is 11.3 Å². The van der Waals surface area contributed by atoms with Crippen LogP contribution in [0, 0.1) is 0 Å². The van der Waals surface area contributed by atoms with E-state index in [0.717, 1.165) is 27.6 Å². The maximum atomic E-state index is 12.9. The summed E-state index contributed by atoms with van der Waals surface area (Å²) in [6.45, 7) is 2.42. The molecule has 29 heavy (non-hydrogen) atoms. The number of hydrogen-bond acceptors (Lipinski definition) is 3. The highest BCUT2D eigenvalue weighted by molar-refractivity contribution is 5.94. The molecule has 3 aromatic carbocycles. The number of ether oxygens (including phenoxy) is 1. The topological polar surface area (TPSA) is 58.6 Å². The molecule has 0 saturated heterocycles. The molecular formula is C24H26N2O3. The van der Waals surface area contributed by atoms with Gasteiger partial charge in [0.1, 0.15) is 5.75 Å². The lowest BCUT2D eigenvalue weighted by molar-refractivity contribution is -0.131. The van der Waals surface area contributed by atoms with E-state index >= 15 is 0 Å². The second-order valence-electron chi connectivity index (χ2n) is 7.16. The summed E-state index contributed by atoms with van der Waals surface area (Å²) in [5.41, 5.74) is 2.56. The van der Waals surface area contributed by atoms with Crippen LogP contribution < -0.4 is 10.1 Å². The number of amides is 2. The molecule has 0 aliphatic rings. The van der Waals surface area contributed by atoms with E-state index in [1.165, 1.54) is 0 Å². The molecule has 3 rings (SSSR count). The summed E-state index contributed by atoms with van der Waals surface area (Å²) in [4.78, 5) is 26.3. The van der Waals surface area contributed by atoms with Crippen molar-refractivity contribution in [3.05, 3.63) is 77.4 Å². The van der Waals surface area contributed by atoms with Crippen molar-refractivity contribution in [2.45, 2.75) is 19.4 Å². The average Bonchev–Trinajstić information content (AvgIpc) is 2.77. The van der Waals surface area contributed by atoms with E-state index in [1.54, 1.807) is 38.2 Å². The highest BCUT2D eigenvalue weighted by Crippen LogP contribution is 2.26. The summed E-state index contributed by atoms with van der Waals surface area (Å²) in [5.74, 6) is 0.491. The van der Waals surface area contributed by atoms with Crippen molar-refractivity contribution in [3.63, 3.8) is 0 Å². The van der Waals surface area contributed by atoms with Crippen molar-refractivity contribution in [1.29, 1.82) is 0 Å². The van der Waals surface area contributed by atoms with Gasteiger partial charge in [0.15, 0.2) is 0 Å². The third kappa shape index (κ3) is 4.57. The predicted octanol–water partition coefficient (Wildman–Crippen LogP) is 3.97. The zero-order valence-corrected chi connectivity index (χ0v) is 17.2. The van der Waals surface area contributed by atoms with Gasteiger partial charge < -0.3 is 15.0 Å².